The van der Waals surface area contributed by atoms with Crippen molar-refractivity contribution >= 4 is 5.95 Å². The maximum Gasteiger partial charge on any atom is 0.245 e. The molecule has 2 aliphatic heterocycles. The van der Waals surface area contributed by atoms with Gasteiger partial charge in [0.2, 0.25) is 12.7 Å². The summed E-state index contributed by atoms with van der Waals surface area (Å²) in [6.45, 7) is 2.54. The minimum atomic E-state index is 0.154. The van der Waals surface area contributed by atoms with Crippen molar-refractivity contribution in [2.45, 2.75) is 25.6 Å². The molecule has 1 atom stereocenters. The van der Waals surface area contributed by atoms with Gasteiger partial charge in [-0.3, -0.25) is 0 Å². The molecule has 0 amide bonds. The van der Waals surface area contributed by atoms with Crippen LogP contribution in [0.4, 0.5) is 5.95 Å². The molecule has 7 nitrogen and oxygen atoms in total. The first kappa shape index (κ1) is 17.9. The molecule has 0 radical (unpaired) electrons. The van der Waals surface area contributed by atoms with Gasteiger partial charge in [0.05, 0.1) is 24.6 Å². The number of anilines is 1. The topological polar surface area (TPSA) is 69.6 Å². The highest BCUT2D eigenvalue weighted by Gasteiger charge is 2.23. The summed E-state index contributed by atoms with van der Waals surface area (Å²) in [6.07, 6.45) is 3.91. The number of fused-ring (bicyclic) bond motifs is 1. The lowest BCUT2D eigenvalue weighted by atomic mass is 10.1. The lowest BCUT2D eigenvalue weighted by molar-refractivity contribution is 0.0312. The third kappa shape index (κ3) is 4.00. The van der Waals surface area contributed by atoms with Crippen LogP contribution in [0.5, 0.6) is 11.5 Å². The number of hydrogen-bond acceptors (Lipinski definition) is 7. The van der Waals surface area contributed by atoms with Gasteiger partial charge in [-0.2, -0.15) is 5.10 Å². The van der Waals surface area contributed by atoms with E-state index in [4.69, 9.17) is 19.2 Å². The van der Waals surface area contributed by atoms with Crippen molar-refractivity contribution < 1.29 is 14.2 Å². The Morgan fingerprint density at radius 1 is 1.07 bits per heavy atom. The van der Waals surface area contributed by atoms with Gasteiger partial charge >= 0.3 is 0 Å². The van der Waals surface area contributed by atoms with Gasteiger partial charge in [-0.1, -0.05) is 30.3 Å². The zero-order valence-electron chi connectivity index (χ0n) is 16.0. The number of hydrogen-bond donors (Lipinski definition) is 0. The second kappa shape index (κ2) is 8.05. The van der Waals surface area contributed by atoms with E-state index in [0.717, 1.165) is 48.7 Å². The monoisotopic (exact) mass is 390 g/mol. The number of rotatable bonds is 5. The van der Waals surface area contributed by atoms with Crippen molar-refractivity contribution in [3.05, 3.63) is 60.3 Å². The van der Waals surface area contributed by atoms with Crippen molar-refractivity contribution in [1.29, 1.82) is 0 Å². The zero-order chi connectivity index (χ0) is 19.5. The Morgan fingerprint density at radius 3 is 2.90 bits per heavy atom. The van der Waals surface area contributed by atoms with E-state index in [1.54, 1.807) is 6.20 Å². The van der Waals surface area contributed by atoms with Gasteiger partial charge in [0.25, 0.3) is 0 Å². The molecule has 148 valence electrons. The van der Waals surface area contributed by atoms with Crippen molar-refractivity contribution in [2.75, 3.05) is 24.8 Å². The molecule has 29 heavy (non-hydrogen) atoms. The van der Waals surface area contributed by atoms with Crippen LogP contribution >= 0.6 is 0 Å². The number of nitrogens with zero attached hydrogens (tertiary/aromatic N) is 4. The molecule has 1 fully saturated rings. The Morgan fingerprint density at radius 2 is 1.97 bits per heavy atom. The van der Waals surface area contributed by atoms with Gasteiger partial charge in [0, 0.05) is 18.7 Å². The van der Waals surface area contributed by atoms with Gasteiger partial charge in [0.1, 0.15) is 0 Å². The summed E-state index contributed by atoms with van der Waals surface area (Å²) in [5, 5.41) is 8.45. The van der Waals surface area contributed by atoms with Gasteiger partial charge in [-0.25, -0.2) is 4.98 Å². The molecule has 2 aromatic carbocycles. The Kier molecular flexibility index (Phi) is 4.96. The number of aromatic nitrogens is 3. The zero-order valence-corrected chi connectivity index (χ0v) is 16.0. The van der Waals surface area contributed by atoms with Crippen molar-refractivity contribution in [3.63, 3.8) is 0 Å². The summed E-state index contributed by atoms with van der Waals surface area (Å²) in [5.41, 5.74) is 2.88. The molecular formula is C22H22N4O3. The molecule has 0 bridgehead atoms. The first-order valence-corrected chi connectivity index (χ1v) is 9.85. The van der Waals surface area contributed by atoms with E-state index < -0.39 is 0 Å². The van der Waals surface area contributed by atoms with Crippen molar-refractivity contribution in [2.24, 2.45) is 0 Å². The summed E-state index contributed by atoms with van der Waals surface area (Å²) in [6, 6.07) is 16.0. The predicted molar refractivity (Wildman–Crippen MR) is 108 cm³/mol. The molecular weight excluding hydrogens is 368 g/mol. The largest absolute Gasteiger partial charge is 0.454 e. The average Bonchev–Trinajstić information content (AvgIpc) is 3.27. The molecule has 3 aromatic rings. The fourth-order valence-corrected chi connectivity index (χ4v) is 3.67. The van der Waals surface area contributed by atoms with Crippen LogP contribution in [0, 0.1) is 0 Å². The Labute approximate surface area is 169 Å². The van der Waals surface area contributed by atoms with E-state index in [-0.39, 0.29) is 12.9 Å². The van der Waals surface area contributed by atoms with Gasteiger partial charge in [0.15, 0.2) is 11.5 Å². The van der Waals surface area contributed by atoms with Gasteiger partial charge < -0.3 is 19.1 Å². The molecule has 7 heteroatoms. The molecule has 3 heterocycles. The fourth-order valence-electron chi connectivity index (χ4n) is 3.67. The Bertz CT molecular complexity index is 983. The summed E-state index contributed by atoms with van der Waals surface area (Å²) in [4.78, 5) is 6.90. The predicted octanol–water partition coefficient (Wildman–Crippen LogP) is 3.45. The van der Waals surface area contributed by atoms with Crippen molar-refractivity contribution in [3.8, 4) is 22.8 Å². The number of ether oxygens (including phenoxy) is 3. The quantitative estimate of drug-likeness (QED) is 0.661. The van der Waals surface area contributed by atoms with E-state index in [1.165, 1.54) is 5.56 Å². The normalized spacial score (nSPS) is 18.1. The van der Waals surface area contributed by atoms with Crippen LogP contribution in [0.15, 0.2) is 54.7 Å². The van der Waals surface area contributed by atoms with Crippen LogP contribution in [0.3, 0.4) is 0 Å². The maximum absolute atomic E-state index is 6.14. The Hall–Kier alpha value is -3.19. The first-order valence-electron chi connectivity index (χ1n) is 9.85. The van der Waals surface area contributed by atoms with E-state index in [1.807, 2.05) is 36.4 Å². The van der Waals surface area contributed by atoms with Crippen LogP contribution in [-0.2, 0) is 11.3 Å². The highest BCUT2D eigenvalue weighted by atomic mass is 16.7. The molecule has 1 saturated heterocycles. The lowest BCUT2D eigenvalue weighted by Crippen LogP contribution is -2.40. The minimum absolute atomic E-state index is 0.154. The summed E-state index contributed by atoms with van der Waals surface area (Å²) in [5.74, 6) is 2.12. The highest BCUT2D eigenvalue weighted by Crippen LogP contribution is 2.35. The second-order valence-corrected chi connectivity index (χ2v) is 7.22. The minimum Gasteiger partial charge on any atom is -0.454 e. The molecule has 1 aromatic heterocycles. The highest BCUT2D eigenvalue weighted by molar-refractivity contribution is 5.64. The van der Waals surface area contributed by atoms with Gasteiger partial charge in [-0.15, -0.1) is 5.10 Å². The SMILES string of the molecule is c1ccc(COC2CCCN(c3nncc(-c4ccc5c(c4)OCO5)n3)C2)cc1. The molecule has 0 aliphatic carbocycles. The third-order valence-corrected chi connectivity index (χ3v) is 5.21. The van der Waals surface area contributed by atoms with Crippen LogP contribution in [0.1, 0.15) is 18.4 Å². The van der Waals surface area contributed by atoms with E-state index in [9.17, 15) is 0 Å². The number of piperidine rings is 1. The van der Waals surface area contributed by atoms with E-state index >= 15 is 0 Å². The fraction of sp³-hybridized carbons (Fsp3) is 0.318. The van der Waals surface area contributed by atoms with E-state index in [2.05, 4.69) is 27.2 Å². The lowest BCUT2D eigenvalue weighted by Gasteiger charge is -2.32. The first-order chi connectivity index (χ1) is 14.3. The maximum atomic E-state index is 6.14. The average molecular weight is 390 g/mol. The molecule has 0 N–H and O–H groups in total. The summed E-state index contributed by atoms with van der Waals surface area (Å²) < 4.78 is 17.0. The van der Waals surface area contributed by atoms with Crippen molar-refractivity contribution in [1.82, 2.24) is 15.2 Å². The van der Waals surface area contributed by atoms with Crippen LogP contribution < -0.4 is 14.4 Å². The molecule has 0 spiro atoms. The molecule has 0 saturated carbocycles. The van der Waals surface area contributed by atoms with Gasteiger partial charge in [-0.05, 0) is 36.6 Å². The number of benzene rings is 2. The van der Waals surface area contributed by atoms with E-state index in [0.29, 0.717) is 12.6 Å². The second-order valence-electron chi connectivity index (χ2n) is 7.22. The summed E-state index contributed by atoms with van der Waals surface area (Å²) >= 11 is 0. The van der Waals surface area contributed by atoms with Crippen LogP contribution in [-0.4, -0.2) is 41.2 Å². The molecule has 5 rings (SSSR count). The standard InChI is InChI=1S/C22H22N4O3/c1-2-5-16(6-3-1)14-27-18-7-4-10-26(13-18)22-24-19(12-23-25-22)17-8-9-20-21(11-17)29-15-28-20/h1-3,5-6,8-9,11-12,18H,4,7,10,13-15H2. The summed E-state index contributed by atoms with van der Waals surface area (Å²) in [7, 11) is 0. The van der Waals surface area contributed by atoms with Crippen LogP contribution in [0.25, 0.3) is 11.3 Å². The smallest absolute Gasteiger partial charge is 0.245 e. The molecule has 1 unspecified atom stereocenters. The van der Waals surface area contributed by atoms with Crippen LogP contribution in [0.2, 0.25) is 0 Å². The third-order valence-electron chi connectivity index (χ3n) is 5.21. The molecule has 2 aliphatic rings. The Balaban J connectivity index is 1.28.